The third kappa shape index (κ3) is 3.01. The zero-order chi connectivity index (χ0) is 17.3. The molecule has 0 aliphatic heterocycles. The predicted octanol–water partition coefficient (Wildman–Crippen LogP) is 2.07. The number of nitrogens with zero attached hydrogens (tertiary/aromatic N) is 1. The van der Waals surface area contributed by atoms with Crippen LogP contribution in [0.25, 0.3) is 10.9 Å². The Hall–Kier alpha value is -3.09. The molecule has 0 bridgehead atoms. The van der Waals surface area contributed by atoms with Crippen LogP contribution in [0.15, 0.2) is 42.7 Å². The molecular formula is C17H16FN3O3. The summed E-state index contributed by atoms with van der Waals surface area (Å²) in [4.78, 5) is 26.7. The number of fused-ring (bicyclic) bond motifs is 1. The third-order valence-corrected chi connectivity index (χ3v) is 3.93. The van der Waals surface area contributed by atoms with Crippen LogP contribution in [-0.4, -0.2) is 32.6 Å². The van der Waals surface area contributed by atoms with Crippen LogP contribution < -0.4 is 5.32 Å². The molecule has 3 N–H and O–H groups in total. The smallest absolute Gasteiger partial charge is 0.326 e. The van der Waals surface area contributed by atoms with Gasteiger partial charge in [-0.1, -0.05) is 0 Å². The molecule has 0 aliphatic carbocycles. The van der Waals surface area contributed by atoms with Crippen LogP contribution >= 0.6 is 0 Å². The molecule has 0 unspecified atom stereocenters. The molecule has 0 fully saturated rings. The molecule has 3 aromatic rings. The number of aliphatic carboxylic acids is 1. The lowest BCUT2D eigenvalue weighted by molar-refractivity contribution is -0.139. The fourth-order valence-corrected chi connectivity index (χ4v) is 2.68. The van der Waals surface area contributed by atoms with Gasteiger partial charge in [0.2, 0.25) is 0 Å². The molecule has 2 aromatic heterocycles. The Morgan fingerprint density at radius 2 is 2.17 bits per heavy atom. The van der Waals surface area contributed by atoms with E-state index in [2.05, 4.69) is 10.3 Å². The second-order valence-electron chi connectivity index (χ2n) is 5.58. The summed E-state index contributed by atoms with van der Waals surface area (Å²) in [6.45, 7) is 0. The van der Waals surface area contributed by atoms with Gasteiger partial charge >= 0.3 is 5.97 Å². The first-order valence-electron chi connectivity index (χ1n) is 7.36. The van der Waals surface area contributed by atoms with Crippen molar-refractivity contribution in [1.82, 2.24) is 14.9 Å². The molecule has 0 saturated heterocycles. The first-order chi connectivity index (χ1) is 11.5. The number of nitrogens with one attached hydrogen (secondary N) is 2. The highest BCUT2D eigenvalue weighted by Gasteiger charge is 2.23. The van der Waals surface area contributed by atoms with Crippen molar-refractivity contribution in [1.29, 1.82) is 0 Å². The molecule has 2 heterocycles. The number of aryl methyl sites for hydroxylation is 1. The molecule has 0 saturated carbocycles. The minimum Gasteiger partial charge on any atom is -0.480 e. The summed E-state index contributed by atoms with van der Waals surface area (Å²) >= 11 is 0. The molecule has 3 rings (SSSR count). The molecule has 0 spiro atoms. The second kappa shape index (κ2) is 6.19. The third-order valence-electron chi connectivity index (χ3n) is 3.93. The molecule has 124 valence electrons. The summed E-state index contributed by atoms with van der Waals surface area (Å²) in [6.07, 6.45) is 3.44. The Morgan fingerprint density at radius 1 is 1.38 bits per heavy atom. The molecular weight excluding hydrogens is 313 g/mol. The van der Waals surface area contributed by atoms with Gasteiger partial charge in [-0.15, -0.1) is 0 Å². The van der Waals surface area contributed by atoms with Crippen molar-refractivity contribution in [2.75, 3.05) is 0 Å². The van der Waals surface area contributed by atoms with E-state index in [1.165, 1.54) is 12.1 Å². The van der Waals surface area contributed by atoms with Crippen LogP contribution in [-0.2, 0) is 18.3 Å². The standard InChI is InChI=1S/C17H16FN3O3/c1-21-6-2-3-15(21)16(22)20-14(17(23)24)7-10-9-19-13-8-11(18)4-5-12(10)13/h2-6,8-9,14,19H,7H2,1H3,(H,20,22)(H,23,24)/t14-/m1/s1. The van der Waals surface area contributed by atoms with Crippen molar-refractivity contribution < 1.29 is 19.1 Å². The average molecular weight is 329 g/mol. The number of carboxylic acids is 1. The number of carbonyl (C=O) groups is 2. The van der Waals surface area contributed by atoms with E-state index < -0.39 is 17.9 Å². The van der Waals surface area contributed by atoms with Gasteiger partial charge in [0.25, 0.3) is 5.91 Å². The van der Waals surface area contributed by atoms with Crippen LogP contribution in [0.2, 0.25) is 0 Å². The van der Waals surface area contributed by atoms with E-state index in [0.29, 0.717) is 16.8 Å². The number of hydrogen-bond donors (Lipinski definition) is 3. The van der Waals surface area contributed by atoms with E-state index in [-0.39, 0.29) is 12.2 Å². The van der Waals surface area contributed by atoms with E-state index in [1.807, 2.05) is 0 Å². The van der Waals surface area contributed by atoms with Gasteiger partial charge in [0.1, 0.15) is 17.6 Å². The molecule has 24 heavy (non-hydrogen) atoms. The Bertz CT molecular complexity index is 913. The van der Waals surface area contributed by atoms with Gasteiger partial charge in [-0.25, -0.2) is 9.18 Å². The van der Waals surface area contributed by atoms with Crippen LogP contribution in [0.4, 0.5) is 4.39 Å². The highest BCUT2D eigenvalue weighted by Crippen LogP contribution is 2.20. The first-order valence-corrected chi connectivity index (χ1v) is 7.36. The number of aromatic amines is 1. The van der Waals surface area contributed by atoms with Gasteiger partial charge in [0, 0.05) is 36.8 Å². The van der Waals surface area contributed by atoms with E-state index in [4.69, 9.17) is 0 Å². The topological polar surface area (TPSA) is 87.1 Å². The number of benzene rings is 1. The summed E-state index contributed by atoms with van der Waals surface area (Å²) in [5.41, 5.74) is 1.66. The van der Waals surface area contributed by atoms with Gasteiger partial charge < -0.3 is 20.0 Å². The Kier molecular flexibility index (Phi) is 4.07. The Labute approximate surface area is 136 Å². The number of rotatable bonds is 5. The molecule has 7 heteroatoms. The Morgan fingerprint density at radius 3 is 2.83 bits per heavy atom. The quantitative estimate of drug-likeness (QED) is 0.670. The summed E-state index contributed by atoms with van der Waals surface area (Å²) in [5, 5.41) is 12.7. The summed E-state index contributed by atoms with van der Waals surface area (Å²) in [5.74, 6) is -1.96. The highest BCUT2D eigenvalue weighted by atomic mass is 19.1. The summed E-state index contributed by atoms with van der Waals surface area (Å²) in [6, 6.07) is 6.49. The summed E-state index contributed by atoms with van der Waals surface area (Å²) in [7, 11) is 1.71. The molecule has 6 nitrogen and oxygen atoms in total. The fraction of sp³-hybridized carbons (Fsp3) is 0.176. The van der Waals surface area contributed by atoms with Crippen molar-refractivity contribution in [2.24, 2.45) is 7.05 Å². The van der Waals surface area contributed by atoms with Crippen molar-refractivity contribution in [2.45, 2.75) is 12.5 Å². The Balaban J connectivity index is 1.82. The lowest BCUT2D eigenvalue weighted by Gasteiger charge is -2.14. The van der Waals surface area contributed by atoms with Crippen molar-refractivity contribution in [3.05, 3.63) is 59.8 Å². The van der Waals surface area contributed by atoms with Crippen LogP contribution in [0.1, 0.15) is 16.1 Å². The van der Waals surface area contributed by atoms with Gasteiger partial charge in [0.15, 0.2) is 0 Å². The molecule has 1 aromatic carbocycles. The number of carbonyl (C=O) groups excluding carboxylic acids is 1. The van der Waals surface area contributed by atoms with Gasteiger partial charge in [0.05, 0.1) is 0 Å². The fourth-order valence-electron chi connectivity index (χ4n) is 2.68. The van der Waals surface area contributed by atoms with Crippen LogP contribution in [0.3, 0.4) is 0 Å². The monoisotopic (exact) mass is 329 g/mol. The minimum atomic E-state index is -1.13. The largest absolute Gasteiger partial charge is 0.480 e. The summed E-state index contributed by atoms with van der Waals surface area (Å²) < 4.78 is 14.8. The zero-order valence-electron chi connectivity index (χ0n) is 12.9. The van der Waals surface area contributed by atoms with E-state index in [9.17, 15) is 19.1 Å². The SMILES string of the molecule is Cn1cccc1C(=O)N[C@H](Cc1c[nH]c2cc(F)ccc12)C(=O)O. The van der Waals surface area contributed by atoms with E-state index in [0.717, 1.165) is 5.39 Å². The van der Waals surface area contributed by atoms with E-state index in [1.54, 1.807) is 42.2 Å². The zero-order valence-corrected chi connectivity index (χ0v) is 12.9. The highest BCUT2D eigenvalue weighted by molar-refractivity contribution is 5.95. The number of carboxylic acid groups (broad SMARTS) is 1. The lowest BCUT2D eigenvalue weighted by Crippen LogP contribution is -2.42. The van der Waals surface area contributed by atoms with Crippen molar-refractivity contribution in [3.8, 4) is 0 Å². The maximum atomic E-state index is 13.2. The molecule has 0 aliphatic rings. The number of H-pyrrole nitrogens is 1. The number of amides is 1. The lowest BCUT2D eigenvalue weighted by atomic mass is 10.0. The van der Waals surface area contributed by atoms with Crippen LogP contribution in [0, 0.1) is 5.82 Å². The van der Waals surface area contributed by atoms with Crippen molar-refractivity contribution in [3.63, 3.8) is 0 Å². The minimum absolute atomic E-state index is 0.0944. The molecule has 1 atom stereocenters. The van der Waals surface area contributed by atoms with Gasteiger partial charge in [-0.05, 0) is 35.9 Å². The maximum absolute atomic E-state index is 13.2. The number of halogens is 1. The average Bonchev–Trinajstić information content (AvgIpc) is 3.12. The van der Waals surface area contributed by atoms with Crippen LogP contribution in [0.5, 0.6) is 0 Å². The molecule has 1 amide bonds. The molecule has 0 radical (unpaired) electrons. The number of hydrogen-bond acceptors (Lipinski definition) is 2. The maximum Gasteiger partial charge on any atom is 0.326 e. The normalized spacial score (nSPS) is 12.2. The van der Waals surface area contributed by atoms with Gasteiger partial charge in [-0.2, -0.15) is 0 Å². The predicted molar refractivity (Wildman–Crippen MR) is 86.3 cm³/mol. The number of aromatic nitrogens is 2. The van der Waals surface area contributed by atoms with Gasteiger partial charge in [-0.3, -0.25) is 4.79 Å². The van der Waals surface area contributed by atoms with Crippen molar-refractivity contribution >= 4 is 22.8 Å². The first kappa shape index (κ1) is 15.8. The van der Waals surface area contributed by atoms with E-state index >= 15 is 0 Å². The second-order valence-corrected chi connectivity index (χ2v) is 5.58.